The molecule has 0 bridgehead atoms. The molecule has 5 heteroatoms. The lowest BCUT2D eigenvalue weighted by Gasteiger charge is -2.13. The van der Waals surface area contributed by atoms with E-state index in [4.69, 9.17) is 5.73 Å². The van der Waals surface area contributed by atoms with Gasteiger partial charge < -0.3 is 16.0 Å². The number of benzene rings is 1. The number of carbonyl (C=O) groups is 2. The Bertz CT molecular complexity index is 458. The largest absolute Gasteiger partial charge is 0.345 e. The minimum atomic E-state index is -0.516. The van der Waals surface area contributed by atoms with Gasteiger partial charge in [0, 0.05) is 25.3 Å². The van der Waals surface area contributed by atoms with Crippen LogP contribution in [0.4, 0.5) is 5.69 Å². The second kappa shape index (κ2) is 6.89. The monoisotopic (exact) mass is 263 g/mol. The van der Waals surface area contributed by atoms with Crippen molar-refractivity contribution in [2.75, 3.05) is 19.4 Å². The highest BCUT2D eigenvalue weighted by Crippen LogP contribution is 2.12. The fourth-order valence-corrected chi connectivity index (χ4v) is 1.67. The molecule has 0 aliphatic heterocycles. The number of nitrogens with one attached hydrogen (secondary N) is 1. The average Bonchev–Trinajstić information content (AvgIpc) is 2.38. The van der Waals surface area contributed by atoms with Crippen LogP contribution in [0.1, 0.15) is 30.1 Å². The molecule has 1 aromatic rings. The summed E-state index contributed by atoms with van der Waals surface area (Å²) < 4.78 is 0. The van der Waals surface area contributed by atoms with Gasteiger partial charge >= 0.3 is 0 Å². The number of carbonyl (C=O) groups excluding carboxylic acids is 2. The van der Waals surface area contributed by atoms with Crippen LogP contribution in [0, 0.1) is 0 Å². The maximum absolute atomic E-state index is 11.8. The van der Waals surface area contributed by atoms with Crippen molar-refractivity contribution in [3.8, 4) is 0 Å². The van der Waals surface area contributed by atoms with Crippen molar-refractivity contribution in [2.24, 2.45) is 5.73 Å². The minimum Gasteiger partial charge on any atom is -0.345 e. The molecule has 1 aromatic carbocycles. The zero-order chi connectivity index (χ0) is 14.4. The van der Waals surface area contributed by atoms with E-state index in [9.17, 15) is 9.59 Å². The van der Waals surface area contributed by atoms with Crippen LogP contribution >= 0.6 is 0 Å². The fourth-order valence-electron chi connectivity index (χ4n) is 1.67. The van der Waals surface area contributed by atoms with Crippen LogP contribution in [0.25, 0.3) is 0 Å². The van der Waals surface area contributed by atoms with Crippen LogP contribution in [0.5, 0.6) is 0 Å². The third kappa shape index (κ3) is 4.37. The maximum atomic E-state index is 11.8. The quantitative estimate of drug-likeness (QED) is 0.844. The number of nitrogens with zero attached hydrogens (tertiary/aromatic N) is 1. The molecule has 104 valence electrons. The third-order valence-electron chi connectivity index (χ3n) is 2.72. The molecule has 0 spiro atoms. The average molecular weight is 263 g/mol. The highest BCUT2D eigenvalue weighted by atomic mass is 16.2. The summed E-state index contributed by atoms with van der Waals surface area (Å²) in [5, 5.41) is 2.73. The molecule has 0 radical (unpaired) electrons. The predicted octanol–water partition coefficient (Wildman–Crippen LogP) is 1.45. The van der Waals surface area contributed by atoms with Gasteiger partial charge in [0.15, 0.2) is 0 Å². The van der Waals surface area contributed by atoms with E-state index in [2.05, 4.69) is 5.32 Å². The standard InChI is InChI=1S/C14H21N3O2/c1-4-6-12(15)13(18)16-11-8-5-7-10(9-11)14(19)17(2)3/h5,7-9,12H,4,6,15H2,1-3H3,(H,16,18)/t12-/m1/s1. The number of hydrogen-bond acceptors (Lipinski definition) is 3. The number of anilines is 1. The first-order valence-electron chi connectivity index (χ1n) is 6.34. The first kappa shape index (κ1) is 15.2. The zero-order valence-corrected chi connectivity index (χ0v) is 11.6. The van der Waals surface area contributed by atoms with Gasteiger partial charge in [-0.2, -0.15) is 0 Å². The molecule has 0 aromatic heterocycles. The van der Waals surface area contributed by atoms with Gasteiger partial charge in [-0.3, -0.25) is 9.59 Å². The van der Waals surface area contributed by atoms with Crippen LogP contribution in [0.2, 0.25) is 0 Å². The Hall–Kier alpha value is -1.88. The maximum Gasteiger partial charge on any atom is 0.253 e. The Labute approximate surface area is 113 Å². The smallest absolute Gasteiger partial charge is 0.253 e. The van der Waals surface area contributed by atoms with Crippen LogP contribution in [-0.2, 0) is 4.79 Å². The first-order chi connectivity index (χ1) is 8.95. The van der Waals surface area contributed by atoms with Gasteiger partial charge in [0.2, 0.25) is 5.91 Å². The van der Waals surface area contributed by atoms with E-state index in [1.165, 1.54) is 4.90 Å². The van der Waals surface area contributed by atoms with Gasteiger partial charge in [-0.05, 0) is 24.6 Å². The van der Waals surface area contributed by atoms with E-state index >= 15 is 0 Å². The lowest BCUT2D eigenvalue weighted by atomic mass is 10.1. The van der Waals surface area contributed by atoms with Crippen LogP contribution in [0.3, 0.4) is 0 Å². The van der Waals surface area contributed by atoms with Crippen molar-refractivity contribution in [2.45, 2.75) is 25.8 Å². The minimum absolute atomic E-state index is 0.103. The fraction of sp³-hybridized carbons (Fsp3) is 0.429. The van der Waals surface area contributed by atoms with E-state index in [-0.39, 0.29) is 11.8 Å². The number of amides is 2. The highest BCUT2D eigenvalue weighted by molar-refractivity contribution is 5.98. The van der Waals surface area contributed by atoms with Gasteiger partial charge in [-0.25, -0.2) is 0 Å². The Morgan fingerprint density at radius 3 is 2.63 bits per heavy atom. The summed E-state index contributed by atoms with van der Waals surface area (Å²) in [5.41, 5.74) is 6.86. The van der Waals surface area contributed by atoms with Crippen molar-refractivity contribution in [3.63, 3.8) is 0 Å². The molecule has 5 nitrogen and oxygen atoms in total. The molecule has 0 fully saturated rings. The summed E-state index contributed by atoms with van der Waals surface area (Å²) in [7, 11) is 3.37. The van der Waals surface area contributed by atoms with E-state index < -0.39 is 6.04 Å². The van der Waals surface area contributed by atoms with Gasteiger partial charge in [-0.1, -0.05) is 19.4 Å². The molecular weight excluding hydrogens is 242 g/mol. The molecule has 1 rings (SSSR count). The summed E-state index contributed by atoms with van der Waals surface area (Å²) in [4.78, 5) is 25.1. The van der Waals surface area contributed by atoms with Crippen molar-refractivity contribution in [3.05, 3.63) is 29.8 Å². The molecule has 0 aliphatic carbocycles. The van der Waals surface area contributed by atoms with E-state index in [0.29, 0.717) is 17.7 Å². The predicted molar refractivity (Wildman–Crippen MR) is 76.0 cm³/mol. The highest BCUT2D eigenvalue weighted by Gasteiger charge is 2.13. The first-order valence-corrected chi connectivity index (χ1v) is 6.34. The van der Waals surface area contributed by atoms with Crippen LogP contribution in [0.15, 0.2) is 24.3 Å². The number of nitrogens with two attached hydrogens (primary N) is 1. The molecular formula is C14H21N3O2. The van der Waals surface area contributed by atoms with E-state index in [1.807, 2.05) is 6.92 Å². The topological polar surface area (TPSA) is 75.4 Å². The Morgan fingerprint density at radius 2 is 2.05 bits per heavy atom. The molecule has 19 heavy (non-hydrogen) atoms. The molecule has 0 aliphatic rings. The molecule has 0 heterocycles. The van der Waals surface area contributed by atoms with Crippen LogP contribution in [-0.4, -0.2) is 36.9 Å². The van der Waals surface area contributed by atoms with Gasteiger partial charge in [0.1, 0.15) is 0 Å². The van der Waals surface area contributed by atoms with E-state index in [0.717, 1.165) is 6.42 Å². The second-order valence-corrected chi connectivity index (χ2v) is 4.66. The SMILES string of the molecule is CCC[C@@H](N)C(=O)Nc1cccc(C(=O)N(C)C)c1. The molecule has 2 amide bonds. The van der Waals surface area contributed by atoms with E-state index in [1.54, 1.807) is 38.4 Å². The van der Waals surface area contributed by atoms with Crippen molar-refractivity contribution in [1.82, 2.24) is 4.90 Å². The van der Waals surface area contributed by atoms with Crippen molar-refractivity contribution >= 4 is 17.5 Å². The molecule has 3 N–H and O–H groups in total. The summed E-state index contributed by atoms with van der Waals surface area (Å²) in [5.74, 6) is -0.328. The van der Waals surface area contributed by atoms with Crippen molar-refractivity contribution < 1.29 is 9.59 Å². The summed E-state index contributed by atoms with van der Waals surface area (Å²) in [6.45, 7) is 1.98. The third-order valence-corrected chi connectivity index (χ3v) is 2.72. The van der Waals surface area contributed by atoms with Crippen LogP contribution < -0.4 is 11.1 Å². The molecule has 0 saturated heterocycles. The van der Waals surface area contributed by atoms with Gasteiger partial charge in [0.25, 0.3) is 5.91 Å². The van der Waals surface area contributed by atoms with Gasteiger partial charge in [0.05, 0.1) is 6.04 Å². The number of rotatable bonds is 5. The zero-order valence-electron chi connectivity index (χ0n) is 11.6. The Morgan fingerprint density at radius 1 is 1.37 bits per heavy atom. The Kier molecular flexibility index (Phi) is 5.51. The molecule has 0 saturated carbocycles. The lowest BCUT2D eigenvalue weighted by molar-refractivity contribution is -0.117. The summed E-state index contributed by atoms with van der Waals surface area (Å²) in [6, 6.07) is 6.32. The summed E-state index contributed by atoms with van der Waals surface area (Å²) in [6.07, 6.45) is 1.50. The number of hydrogen-bond donors (Lipinski definition) is 2. The lowest BCUT2D eigenvalue weighted by Crippen LogP contribution is -2.35. The Balaban J connectivity index is 2.77. The molecule has 1 atom stereocenters. The normalized spacial score (nSPS) is 11.8. The van der Waals surface area contributed by atoms with Gasteiger partial charge in [-0.15, -0.1) is 0 Å². The second-order valence-electron chi connectivity index (χ2n) is 4.66. The summed E-state index contributed by atoms with van der Waals surface area (Å²) >= 11 is 0. The van der Waals surface area contributed by atoms with Crippen molar-refractivity contribution in [1.29, 1.82) is 0 Å². The molecule has 0 unspecified atom stereocenters.